The molecule has 6 unspecified atom stereocenters. The second-order valence-electron chi connectivity index (χ2n) is 10.5. The van der Waals surface area contributed by atoms with Crippen molar-refractivity contribution in [2.75, 3.05) is 6.61 Å². The smallest absolute Gasteiger partial charge is 0.303 e. The molecule has 0 bridgehead atoms. The van der Waals surface area contributed by atoms with Gasteiger partial charge in [-0.25, -0.2) is 0 Å². The number of carbonyl (C=O) groups excluding carboxylic acids is 4. The molecule has 8 heteroatoms. The van der Waals surface area contributed by atoms with E-state index < -0.39 is 53.0 Å². The van der Waals surface area contributed by atoms with Crippen LogP contribution in [0.2, 0.25) is 0 Å². The lowest BCUT2D eigenvalue weighted by molar-refractivity contribution is -0.200. The molecule has 0 aromatic rings. The minimum Gasteiger partial charge on any atom is -0.462 e. The number of hydrogen-bond donors (Lipinski definition) is 2. The topological polar surface area (TPSA) is 127 Å². The molecule has 33 heavy (non-hydrogen) atoms. The molecule has 4 aliphatic carbocycles. The Labute approximate surface area is 193 Å². The van der Waals surface area contributed by atoms with Crippen LogP contribution < -0.4 is 0 Å². The van der Waals surface area contributed by atoms with Crippen molar-refractivity contribution in [3.63, 3.8) is 0 Å². The number of esters is 2. The summed E-state index contributed by atoms with van der Waals surface area (Å²) in [6.07, 6.45) is 4.88. The average molecular weight is 461 g/mol. The van der Waals surface area contributed by atoms with Gasteiger partial charge >= 0.3 is 11.9 Å². The predicted molar refractivity (Wildman–Crippen MR) is 116 cm³/mol. The van der Waals surface area contributed by atoms with Gasteiger partial charge in [0.05, 0.1) is 6.10 Å². The molecular formula is C25H32O8. The molecule has 0 aromatic heterocycles. The summed E-state index contributed by atoms with van der Waals surface area (Å²) < 4.78 is 10.7. The van der Waals surface area contributed by atoms with Crippen molar-refractivity contribution in [1.29, 1.82) is 0 Å². The summed E-state index contributed by atoms with van der Waals surface area (Å²) in [7, 11) is 0. The first-order valence-electron chi connectivity index (χ1n) is 11.5. The second-order valence-corrected chi connectivity index (χ2v) is 10.5. The Morgan fingerprint density at radius 1 is 1.18 bits per heavy atom. The predicted octanol–water partition coefficient (Wildman–Crippen LogP) is 1.67. The highest BCUT2D eigenvalue weighted by atomic mass is 16.5. The van der Waals surface area contributed by atoms with Gasteiger partial charge in [0.2, 0.25) is 5.78 Å². The van der Waals surface area contributed by atoms with Crippen molar-refractivity contribution in [2.45, 2.75) is 71.2 Å². The van der Waals surface area contributed by atoms with Gasteiger partial charge in [-0.2, -0.15) is 0 Å². The minimum atomic E-state index is -2.13. The van der Waals surface area contributed by atoms with Gasteiger partial charge in [0.25, 0.3) is 0 Å². The van der Waals surface area contributed by atoms with E-state index in [1.54, 1.807) is 19.1 Å². The Balaban J connectivity index is 1.77. The zero-order chi connectivity index (χ0) is 24.3. The van der Waals surface area contributed by atoms with E-state index in [-0.39, 0.29) is 36.4 Å². The third-order valence-electron chi connectivity index (χ3n) is 8.84. The standard InChI is InChI=1S/C25H32O8/c1-13(26)32-12-21(30)25(31)20(29)10-18-17-6-5-15-9-16(28)7-8-23(15,3)22(17)19(33-14(2)27)11-24(18,25)4/h7-9,17-20,22,29,31H,5-6,10-12H2,1-4H3/t17?,18?,19?,20-,22?,23?,24?,25+/m1/s1. The highest BCUT2D eigenvalue weighted by Gasteiger charge is 2.72. The number of ether oxygens (including phenoxy) is 2. The molecule has 0 amide bonds. The lowest BCUT2D eigenvalue weighted by atomic mass is 9.46. The van der Waals surface area contributed by atoms with Gasteiger partial charge in [0.15, 0.2) is 18.0 Å². The molecule has 0 aromatic carbocycles. The Morgan fingerprint density at radius 3 is 2.52 bits per heavy atom. The van der Waals surface area contributed by atoms with Crippen LogP contribution in [0.15, 0.2) is 23.8 Å². The summed E-state index contributed by atoms with van der Waals surface area (Å²) in [4.78, 5) is 48.5. The van der Waals surface area contributed by atoms with Crippen molar-refractivity contribution < 1.29 is 38.9 Å². The van der Waals surface area contributed by atoms with E-state index in [9.17, 15) is 29.4 Å². The van der Waals surface area contributed by atoms with Crippen LogP contribution in [0.25, 0.3) is 0 Å². The molecule has 0 saturated heterocycles. The molecule has 4 rings (SSSR count). The highest BCUT2D eigenvalue weighted by Crippen LogP contribution is 2.67. The van der Waals surface area contributed by atoms with Crippen molar-refractivity contribution >= 4 is 23.5 Å². The SMILES string of the molecule is CC(=O)OCC(=O)[C@@]1(O)[C@H](O)CC2C3CCC4=CC(=O)C=CC4(C)C3C(OC(C)=O)CC21C. The van der Waals surface area contributed by atoms with E-state index in [0.717, 1.165) is 5.57 Å². The van der Waals surface area contributed by atoms with Gasteiger partial charge in [-0.05, 0) is 49.7 Å². The van der Waals surface area contributed by atoms with E-state index in [2.05, 4.69) is 0 Å². The minimum absolute atomic E-state index is 0.0571. The van der Waals surface area contributed by atoms with E-state index in [1.165, 1.54) is 13.8 Å². The number of aliphatic hydroxyl groups excluding tert-OH is 1. The lowest BCUT2D eigenvalue weighted by Gasteiger charge is -2.59. The van der Waals surface area contributed by atoms with Crippen LogP contribution in [0.4, 0.5) is 0 Å². The Kier molecular flexibility index (Phi) is 5.69. The number of rotatable bonds is 4. The molecular weight excluding hydrogens is 428 g/mol. The Bertz CT molecular complexity index is 965. The number of carbonyl (C=O) groups is 4. The zero-order valence-electron chi connectivity index (χ0n) is 19.5. The number of allylic oxidation sites excluding steroid dienone is 4. The van der Waals surface area contributed by atoms with E-state index in [4.69, 9.17) is 9.47 Å². The summed E-state index contributed by atoms with van der Waals surface area (Å²) in [5.41, 5.74) is -2.73. The maximum atomic E-state index is 13.1. The van der Waals surface area contributed by atoms with E-state index in [1.807, 2.05) is 13.0 Å². The fraction of sp³-hybridized carbons (Fsp3) is 0.680. The van der Waals surface area contributed by atoms with Gasteiger partial charge in [0, 0.05) is 30.6 Å². The first-order chi connectivity index (χ1) is 15.3. The first kappa shape index (κ1) is 23.8. The van der Waals surface area contributed by atoms with Gasteiger partial charge < -0.3 is 19.7 Å². The third-order valence-corrected chi connectivity index (χ3v) is 8.84. The number of fused-ring (bicyclic) bond motifs is 5. The van der Waals surface area contributed by atoms with Crippen molar-refractivity contribution in [1.82, 2.24) is 0 Å². The fourth-order valence-electron chi connectivity index (χ4n) is 7.41. The number of hydrogen-bond acceptors (Lipinski definition) is 8. The maximum absolute atomic E-state index is 13.1. The van der Waals surface area contributed by atoms with Gasteiger partial charge in [-0.15, -0.1) is 0 Å². The number of ketones is 2. The average Bonchev–Trinajstić information content (AvgIpc) is 2.93. The quantitative estimate of drug-likeness (QED) is 0.607. The van der Waals surface area contributed by atoms with Gasteiger partial charge in [0.1, 0.15) is 6.10 Å². The molecule has 8 atom stereocenters. The summed E-state index contributed by atoms with van der Waals surface area (Å²) in [5, 5.41) is 22.6. The molecule has 0 spiro atoms. The molecule has 0 aliphatic heterocycles. The summed E-state index contributed by atoms with van der Waals surface area (Å²) in [5.74, 6) is -2.38. The molecule has 4 aliphatic rings. The van der Waals surface area contributed by atoms with Crippen LogP contribution in [0, 0.1) is 28.6 Å². The van der Waals surface area contributed by atoms with Crippen LogP contribution in [0.1, 0.15) is 53.4 Å². The summed E-state index contributed by atoms with van der Waals surface area (Å²) in [6.45, 7) is 5.67. The first-order valence-corrected chi connectivity index (χ1v) is 11.5. The van der Waals surface area contributed by atoms with Gasteiger partial charge in [-0.1, -0.05) is 25.5 Å². The van der Waals surface area contributed by atoms with Gasteiger partial charge in [-0.3, -0.25) is 19.2 Å². The van der Waals surface area contributed by atoms with E-state index >= 15 is 0 Å². The zero-order valence-corrected chi connectivity index (χ0v) is 19.5. The van der Waals surface area contributed by atoms with Crippen molar-refractivity contribution in [2.24, 2.45) is 28.6 Å². The van der Waals surface area contributed by atoms with Crippen LogP contribution >= 0.6 is 0 Å². The second kappa shape index (κ2) is 7.87. The normalized spacial score (nSPS) is 43.6. The molecule has 0 heterocycles. The Morgan fingerprint density at radius 2 is 1.88 bits per heavy atom. The fourth-order valence-corrected chi connectivity index (χ4v) is 7.41. The molecule has 3 saturated carbocycles. The van der Waals surface area contributed by atoms with Crippen LogP contribution in [-0.2, 0) is 28.7 Å². The van der Waals surface area contributed by atoms with Crippen LogP contribution in [0.3, 0.4) is 0 Å². The molecule has 3 fully saturated rings. The van der Waals surface area contributed by atoms with E-state index in [0.29, 0.717) is 12.8 Å². The van der Waals surface area contributed by atoms with Crippen molar-refractivity contribution in [3.05, 3.63) is 23.8 Å². The van der Waals surface area contributed by atoms with Crippen LogP contribution in [-0.4, -0.2) is 58.1 Å². The molecule has 2 N–H and O–H groups in total. The lowest BCUT2D eigenvalue weighted by Crippen LogP contribution is -2.64. The maximum Gasteiger partial charge on any atom is 0.303 e. The number of aliphatic hydroxyl groups is 2. The third kappa shape index (κ3) is 3.41. The van der Waals surface area contributed by atoms with Crippen LogP contribution in [0.5, 0.6) is 0 Å². The molecule has 8 nitrogen and oxygen atoms in total. The summed E-state index contributed by atoms with van der Waals surface area (Å²) in [6, 6.07) is 0. The molecule has 0 radical (unpaired) electrons. The summed E-state index contributed by atoms with van der Waals surface area (Å²) >= 11 is 0. The molecule has 180 valence electrons. The highest BCUT2D eigenvalue weighted by molar-refractivity contribution is 6.01. The largest absolute Gasteiger partial charge is 0.462 e. The number of Topliss-reactive ketones (excluding diaryl/α,β-unsaturated/α-hetero) is 1. The Hall–Kier alpha value is -2.32. The van der Waals surface area contributed by atoms with Crippen molar-refractivity contribution in [3.8, 4) is 0 Å². The monoisotopic (exact) mass is 460 g/mol.